The number of likely N-dealkylation sites (N-methyl/N-ethyl adjacent to an activating group) is 1. The van der Waals surface area contributed by atoms with Crippen LogP contribution in [0, 0.1) is 6.92 Å². The van der Waals surface area contributed by atoms with E-state index in [4.69, 9.17) is 28.2 Å². The van der Waals surface area contributed by atoms with Crippen molar-refractivity contribution in [3.8, 4) is 11.3 Å². The number of aryl methyl sites for hydroxylation is 1. The standard InChI is InChI=1S/C23H25ClN4OS/c1-15-7-8-16(24)14-17(15)19-9-10-20(29-19)22-21(18-6-4-5-11-25-18)26-23(30)28(22)13-12-27(2)3/h4-11,14,21-22H,12-13H2,1-3H3,(H,26,30). The number of benzene rings is 1. The summed E-state index contributed by atoms with van der Waals surface area (Å²) in [5.41, 5.74) is 3.05. The zero-order chi connectivity index (χ0) is 21.3. The molecule has 2 aromatic heterocycles. The predicted octanol–water partition coefficient (Wildman–Crippen LogP) is 4.84. The van der Waals surface area contributed by atoms with Crippen LogP contribution in [0.1, 0.15) is 29.1 Å². The van der Waals surface area contributed by atoms with Gasteiger partial charge in [-0.3, -0.25) is 4.98 Å². The number of nitrogens with zero attached hydrogens (tertiary/aromatic N) is 3. The molecule has 1 saturated heterocycles. The molecule has 2 unspecified atom stereocenters. The summed E-state index contributed by atoms with van der Waals surface area (Å²) in [6, 6.07) is 15.7. The summed E-state index contributed by atoms with van der Waals surface area (Å²) in [6.45, 7) is 3.73. The van der Waals surface area contributed by atoms with Crippen molar-refractivity contribution in [1.29, 1.82) is 0 Å². The van der Waals surface area contributed by atoms with Gasteiger partial charge in [-0.1, -0.05) is 23.7 Å². The van der Waals surface area contributed by atoms with Crippen molar-refractivity contribution < 1.29 is 4.42 Å². The molecule has 3 heterocycles. The predicted molar refractivity (Wildman–Crippen MR) is 125 cm³/mol. The zero-order valence-electron chi connectivity index (χ0n) is 17.3. The average Bonchev–Trinajstić information content (AvgIpc) is 3.33. The number of nitrogens with one attached hydrogen (secondary N) is 1. The fourth-order valence-corrected chi connectivity index (χ4v) is 4.28. The summed E-state index contributed by atoms with van der Waals surface area (Å²) in [7, 11) is 4.12. The molecule has 0 saturated carbocycles. The molecule has 0 radical (unpaired) electrons. The minimum atomic E-state index is -0.0830. The smallest absolute Gasteiger partial charge is 0.170 e. The Bertz CT molecular complexity index is 1040. The maximum Gasteiger partial charge on any atom is 0.170 e. The van der Waals surface area contributed by atoms with Gasteiger partial charge in [-0.05, 0) is 75.2 Å². The summed E-state index contributed by atoms with van der Waals surface area (Å²) in [5, 5.41) is 4.87. The van der Waals surface area contributed by atoms with Gasteiger partial charge in [0.05, 0.1) is 11.7 Å². The molecule has 0 bridgehead atoms. The van der Waals surface area contributed by atoms with Crippen molar-refractivity contribution in [3.63, 3.8) is 0 Å². The van der Waals surface area contributed by atoms with Gasteiger partial charge >= 0.3 is 0 Å². The highest BCUT2D eigenvalue weighted by Crippen LogP contribution is 2.40. The Hall–Kier alpha value is -2.41. The van der Waals surface area contributed by atoms with Crippen molar-refractivity contribution >= 4 is 28.9 Å². The van der Waals surface area contributed by atoms with E-state index in [0.29, 0.717) is 5.02 Å². The Morgan fingerprint density at radius 2 is 2.03 bits per heavy atom. The molecule has 0 spiro atoms. The van der Waals surface area contributed by atoms with E-state index >= 15 is 0 Å². The summed E-state index contributed by atoms with van der Waals surface area (Å²) in [6.07, 6.45) is 1.81. The fraction of sp³-hybridized carbons (Fsp3) is 0.304. The quantitative estimate of drug-likeness (QED) is 0.553. The average molecular weight is 441 g/mol. The van der Waals surface area contributed by atoms with Crippen molar-refractivity contribution in [3.05, 3.63) is 76.8 Å². The van der Waals surface area contributed by atoms with Gasteiger partial charge in [-0.25, -0.2) is 0 Å². The Balaban J connectivity index is 1.72. The molecule has 0 aliphatic carbocycles. The highest BCUT2D eigenvalue weighted by molar-refractivity contribution is 7.80. The molecule has 1 aliphatic heterocycles. The number of furan rings is 1. The topological polar surface area (TPSA) is 44.5 Å². The molecule has 2 atom stereocenters. The van der Waals surface area contributed by atoms with Crippen molar-refractivity contribution in [2.45, 2.75) is 19.0 Å². The van der Waals surface area contributed by atoms with E-state index < -0.39 is 0 Å². The van der Waals surface area contributed by atoms with Gasteiger partial charge in [0.1, 0.15) is 17.6 Å². The first kappa shape index (κ1) is 20.8. The molecule has 4 rings (SSSR count). The van der Waals surface area contributed by atoms with Gasteiger partial charge in [0.15, 0.2) is 5.11 Å². The Morgan fingerprint density at radius 1 is 1.20 bits per heavy atom. The number of thiocarbonyl (C=S) groups is 1. The first-order valence-corrected chi connectivity index (χ1v) is 10.7. The zero-order valence-corrected chi connectivity index (χ0v) is 18.9. The van der Waals surface area contributed by atoms with Gasteiger partial charge in [0, 0.05) is 29.9 Å². The molecule has 1 fully saturated rings. The van der Waals surface area contributed by atoms with Crippen LogP contribution in [0.25, 0.3) is 11.3 Å². The maximum atomic E-state index is 6.39. The van der Waals surface area contributed by atoms with E-state index in [1.807, 2.05) is 54.7 Å². The van der Waals surface area contributed by atoms with Crippen LogP contribution in [-0.2, 0) is 0 Å². The van der Waals surface area contributed by atoms with Gasteiger partial charge in [0.2, 0.25) is 0 Å². The number of hydrogen-bond donors (Lipinski definition) is 1. The largest absolute Gasteiger partial charge is 0.459 e. The highest BCUT2D eigenvalue weighted by Gasteiger charge is 2.41. The first-order valence-electron chi connectivity index (χ1n) is 9.93. The molecule has 30 heavy (non-hydrogen) atoms. The lowest BCUT2D eigenvalue weighted by Crippen LogP contribution is -2.35. The number of aromatic nitrogens is 1. The molecule has 156 valence electrons. The Morgan fingerprint density at radius 3 is 2.77 bits per heavy atom. The molecule has 7 heteroatoms. The van der Waals surface area contributed by atoms with Crippen LogP contribution < -0.4 is 5.32 Å². The van der Waals surface area contributed by atoms with Gasteiger partial charge in [0.25, 0.3) is 0 Å². The Labute approximate surface area is 187 Å². The van der Waals surface area contributed by atoms with E-state index in [9.17, 15) is 0 Å². The number of rotatable bonds is 6. The van der Waals surface area contributed by atoms with Gasteiger partial charge in [-0.2, -0.15) is 0 Å². The van der Waals surface area contributed by atoms with E-state index in [2.05, 4.69) is 41.1 Å². The maximum absolute atomic E-state index is 6.39. The van der Waals surface area contributed by atoms with Crippen LogP contribution in [-0.4, -0.2) is 47.1 Å². The molecule has 1 aromatic carbocycles. The summed E-state index contributed by atoms with van der Waals surface area (Å²) >= 11 is 11.9. The second-order valence-corrected chi connectivity index (χ2v) is 8.61. The van der Waals surface area contributed by atoms with Gasteiger partial charge < -0.3 is 19.5 Å². The molecule has 5 nitrogen and oxygen atoms in total. The van der Waals surface area contributed by atoms with Crippen LogP contribution >= 0.6 is 23.8 Å². The SMILES string of the molecule is Cc1ccc(Cl)cc1-c1ccc(C2C(c3ccccn3)NC(=S)N2CCN(C)C)o1. The summed E-state index contributed by atoms with van der Waals surface area (Å²) in [5.74, 6) is 1.65. The van der Waals surface area contributed by atoms with Crippen molar-refractivity contribution in [2.24, 2.45) is 0 Å². The third-order valence-electron chi connectivity index (χ3n) is 5.37. The first-order chi connectivity index (χ1) is 14.4. The van der Waals surface area contributed by atoms with Crippen LogP contribution in [0.3, 0.4) is 0 Å². The van der Waals surface area contributed by atoms with Crippen LogP contribution in [0.5, 0.6) is 0 Å². The van der Waals surface area contributed by atoms with Crippen LogP contribution in [0.15, 0.2) is 59.1 Å². The third kappa shape index (κ3) is 4.21. The lowest BCUT2D eigenvalue weighted by Gasteiger charge is -2.27. The monoisotopic (exact) mass is 440 g/mol. The second kappa shape index (κ2) is 8.76. The number of halogens is 1. The number of hydrogen-bond acceptors (Lipinski definition) is 4. The summed E-state index contributed by atoms with van der Waals surface area (Å²) < 4.78 is 6.39. The second-order valence-electron chi connectivity index (χ2n) is 7.78. The molecular weight excluding hydrogens is 416 g/mol. The number of pyridine rings is 1. The minimum Gasteiger partial charge on any atom is -0.459 e. The fourth-order valence-electron chi connectivity index (χ4n) is 3.78. The molecule has 1 N–H and O–H groups in total. The van der Waals surface area contributed by atoms with Crippen molar-refractivity contribution in [2.75, 3.05) is 27.2 Å². The third-order valence-corrected chi connectivity index (χ3v) is 5.96. The molecule has 1 aliphatic rings. The van der Waals surface area contributed by atoms with E-state index in [1.165, 1.54) is 0 Å². The molecular formula is C23H25ClN4OS. The van der Waals surface area contributed by atoms with Crippen LogP contribution in [0.4, 0.5) is 0 Å². The van der Waals surface area contributed by atoms with Gasteiger partial charge in [-0.15, -0.1) is 0 Å². The molecule has 0 amide bonds. The minimum absolute atomic E-state index is 0.0828. The normalized spacial score (nSPS) is 18.8. The highest BCUT2D eigenvalue weighted by atomic mass is 35.5. The lowest BCUT2D eigenvalue weighted by molar-refractivity contribution is 0.250. The van der Waals surface area contributed by atoms with Crippen molar-refractivity contribution in [1.82, 2.24) is 20.1 Å². The molecule has 3 aromatic rings. The Kier molecular flexibility index (Phi) is 6.09. The van der Waals surface area contributed by atoms with E-state index in [1.54, 1.807) is 0 Å². The van der Waals surface area contributed by atoms with E-state index in [0.717, 1.165) is 46.5 Å². The van der Waals surface area contributed by atoms with E-state index in [-0.39, 0.29) is 12.1 Å². The lowest BCUT2D eigenvalue weighted by atomic mass is 10.0. The summed E-state index contributed by atoms with van der Waals surface area (Å²) in [4.78, 5) is 8.92. The van der Waals surface area contributed by atoms with Crippen LogP contribution in [0.2, 0.25) is 5.02 Å².